The third kappa shape index (κ3) is 3.69. The van der Waals surface area contributed by atoms with Crippen LogP contribution in [0.1, 0.15) is 32.3 Å². The van der Waals surface area contributed by atoms with Gasteiger partial charge < -0.3 is 9.64 Å². The van der Waals surface area contributed by atoms with Crippen molar-refractivity contribution in [2.24, 2.45) is 5.41 Å². The molecule has 1 saturated heterocycles. The van der Waals surface area contributed by atoms with Crippen molar-refractivity contribution in [3.05, 3.63) is 40.7 Å². The quantitative estimate of drug-likeness (QED) is 0.685. The summed E-state index contributed by atoms with van der Waals surface area (Å²) in [6, 6.07) is 8.02. The minimum absolute atomic E-state index is 0.407. The lowest BCUT2D eigenvalue weighted by Crippen LogP contribution is -2.37. The Labute approximate surface area is 164 Å². The number of hydrogen-bond donors (Lipinski definition) is 1. The van der Waals surface area contributed by atoms with Crippen LogP contribution in [0.2, 0.25) is 0 Å². The van der Waals surface area contributed by atoms with E-state index in [0.29, 0.717) is 16.6 Å². The summed E-state index contributed by atoms with van der Waals surface area (Å²) in [5.41, 5.74) is 3.10. The molecule has 142 valence electrons. The van der Waals surface area contributed by atoms with E-state index in [9.17, 15) is 0 Å². The topological polar surface area (TPSA) is 59.0 Å². The molecule has 0 spiro atoms. The van der Waals surface area contributed by atoms with E-state index in [1.165, 1.54) is 0 Å². The normalized spacial score (nSPS) is 16.6. The minimum atomic E-state index is 0.407. The molecule has 3 heterocycles. The van der Waals surface area contributed by atoms with Crippen LogP contribution in [0.4, 0.5) is 5.82 Å². The first-order chi connectivity index (χ1) is 12.9. The highest BCUT2D eigenvalue weighted by atomic mass is 32.1. The van der Waals surface area contributed by atoms with Crippen LogP contribution in [-0.2, 0) is 6.54 Å². The number of nitrogens with zero attached hydrogens (tertiary/aromatic N) is 4. The summed E-state index contributed by atoms with van der Waals surface area (Å²) in [6.07, 6.45) is 4.18. The van der Waals surface area contributed by atoms with Gasteiger partial charge >= 0.3 is 0 Å². The predicted octanol–water partition coefficient (Wildman–Crippen LogP) is 4.17. The Bertz CT molecular complexity index is 995. The minimum Gasteiger partial charge on any atom is -0.497 e. The third-order valence-electron chi connectivity index (χ3n) is 5.39. The van der Waals surface area contributed by atoms with Crippen molar-refractivity contribution in [1.82, 2.24) is 19.7 Å². The Balaban J connectivity index is 1.64. The van der Waals surface area contributed by atoms with Crippen LogP contribution in [0.3, 0.4) is 0 Å². The van der Waals surface area contributed by atoms with Gasteiger partial charge in [0, 0.05) is 13.1 Å². The van der Waals surface area contributed by atoms with E-state index in [0.717, 1.165) is 54.2 Å². The van der Waals surface area contributed by atoms with Crippen LogP contribution < -0.4 is 9.64 Å². The zero-order valence-electron chi connectivity index (χ0n) is 16.0. The van der Waals surface area contributed by atoms with Crippen molar-refractivity contribution < 1.29 is 4.74 Å². The van der Waals surface area contributed by atoms with Crippen molar-refractivity contribution in [2.45, 2.75) is 33.2 Å². The van der Waals surface area contributed by atoms with Gasteiger partial charge in [-0.3, -0.25) is 9.78 Å². The summed E-state index contributed by atoms with van der Waals surface area (Å²) in [5, 5.41) is 3.23. The summed E-state index contributed by atoms with van der Waals surface area (Å²) >= 11 is 5.45. The summed E-state index contributed by atoms with van der Waals surface area (Å²) in [6.45, 7) is 7.34. The highest BCUT2D eigenvalue weighted by Gasteiger charge is 2.26. The molecule has 7 heteroatoms. The lowest BCUT2D eigenvalue weighted by molar-refractivity contribution is 0.279. The number of benzene rings is 1. The number of rotatable bonds is 4. The van der Waals surface area contributed by atoms with E-state index < -0.39 is 0 Å². The Hall–Kier alpha value is -2.41. The van der Waals surface area contributed by atoms with Gasteiger partial charge in [-0.2, -0.15) is 0 Å². The fraction of sp³-hybridized carbons (Fsp3) is 0.450. The number of piperidine rings is 1. The summed E-state index contributed by atoms with van der Waals surface area (Å²) in [4.78, 5) is 11.8. The predicted molar refractivity (Wildman–Crippen MR) is 110 cm³/mol. The Morgan fingerprint density at radius 3 is 2.56 bits per heavy atom. The molecule has 1 N–H and O–H groups in total. The number of aromatic amines is 1. The van der Waals surface area contributed by atoms with Gasteiger partial charge in [-0.1, -0.05) is 38.2 Å². The van der Waals surface area contributed by atoms with Crippen molar-refractivity contribution in [3.8, 4) is 5.75 Å². The van der Waals surface area contributed by atoms with Crippen LogP contribution in [0.25, 0.3) is 11.2 Å². The molecule has 1 aromatic carbocycles. The van der Waals surface area contributed by atoms with Crippen LogP contribution in [-0.4, -0.2) is 39.9 Å². The standard InChI is InChI=1S/C20H25N5OS/c1-20(2)8-10-24(11-9-20)16-12-21-17-18(22-16)25(23-19(17)27)13-14-4-6-15(26-3)7-5-14/h4-7,12H,8-11,13H2,1-3H3,(H,23,27). The van der Waals surface area contributed by atoms with Crippen molar-refractivity contribution in [3.63, 3.8) is 0 Å². The van der Waals surface area contributed by atoms with Crippen LogP contribution in [0.15, 0.2) is 30.5 Å². The zero-order chi connectivity index (χ0) is 19.0. The van der Waals surface area contributed by atoms with Crippen molar-refractivity contribution >= 4 is 29.2 Å². The maximum absolute atomic E-state index is 5.45. The molecule has 6 nitrogen and oxygen atoms in total. The second-order valence-electron chi connectivity index (χ2n) is 7.93. The molecule has 0 amide bonds. The van der Waals surface area contributed by atoms with Gasteiger partial charge in [0.25, 0.3) is 0 Å². The number of nitrogens with one attached hydrogen (secondary N) is 1. The van der Waals surface area contributed by atoms with Gasteiger partial charge in [-0.25, -0.2) is 9.97 Å². The summed E-state index contributed by atoms with van der Waals surface area (Å²) in [7, 11) is 1.67. The van der Waals surface area contributed by atoms with E-state index in [2.05, 4.69) is 28.8 Å². The lowest BCUT2D eigenvalue weighted by Gasteiger charge is -2.37. The first-order valence-corrected chi connectivity index (χ1v) is 9.69. The van der Waals surface area contributed by atoms with Crippen LogP contribution in [0.5, 0.6) is 5.75 Å². The maximum atomic E-state index is 5.45. The molecule has 3 aromatic rings. The van der Waals surface area contributed by atoms with Gasteiger partial charge in [0.1, 0.15) is 21.7 Å². The Morgan fingerprint density at radius 2 is 1.89 bits per heavy atom. The van der Waals surface area contributed by atoms with Crippen molar-refractivity contribution in [2.75, 3.05) is 25.1 Å². The maximum Gasteiger partial charge on any atom is 0.178 e. The Morgan fingerprint density at radius 1 is 1.19 bits per heavy atom. The molecular formula is C20H25N5OS. The van der Waals surface area contributed by atoms with Gasteiger partial charge in [0.05, 0.1) is 19.9 Å². The van der Waals surface area contributed by atoms with Gasteiger partial charge in [0.15, 0.2) is 5.65 Å². The van der Waals surface area contributed by atoms with Gasteiger partial charge in [-0.15, -0.1) is 0 Å². The monoisotopic (exact) mass is 383 g/mol. The van der Waals surface area contributed by atoms with E-state index in [1.807, 2.05) is 35.1 Å². The number of hydrogen-bond acceptors (Lipinski definition) is 5. The number of H-pyrrole nitrogens is 1. The van der Waals surface area contributed by atoms with Gasteiger partial charge in [0.2, 0.25) is 0 Å². The summed E-state index contributed by atoms with van der Waals surface area (Å²) < 4.78 is 7.83. The number of methoxy groups -OCH3 is 1. The molecular weight excluding hydrogens is 358 g/mol. The molecule has 0 radical (unpaired) electrons. The molecule has 0 aliphatic carbocycles. The number of ether oxygens (including phenoxy) is 1. The average Bonchev–Trinajstić information content (AvgIpc) is 2.97. The highest BCUT2D eigenvalue weighted by molar-refractivity contribution is 7.71. The molecule has 0 saturated carbocycles. The molecule has 1 aliphatic heterocycles. The fourth-order valence-electron chi connectivity index (χ4n) is 3.47. The van der Waals surface area contributed by atoms with E-state index >= 15 is 0 Å². The van der Waals surface area contributed by atoms with Gasteiger partial charge in [-0.05, 0) is 36.0 Å². The van der Waals surface area contributed by atoms with Crippen molar-refractivity contribution in [1.29, 1.82) is 0 Å². The third-order valence-corrected chi connectivity index (χ3v) is 5.67. The Kier molecular flexibility index (Phi) is 4.63. The second kappa shape index (κ2) is 6.96. The first kappa shape index (κ1) is 18.0. The van der Waals surface area contributed by atoms with E-state index in [1.54, 1.807) is 7.11 Å². The smallest absolute Gasteiger partial charge is 0.178 e. The first-order valence-electron chi connectivity index (χ1n) is 9.29. The second-order valence-corrected chi connectivity index (χ2v) is 8.34. The average molecular weight is 384 g/mol. The lowest BCUT2D eigenvalue weighted by atomic mass is 9.83. The van der Waals surface area contributed by atoms with Crippen LogP contribution >= 0.6 is 12.2 Å². The SMILES string of the molecule is COc1ccc(Cn2[nH]c(=S)c3ncc(N4CCC(C)(C)CC4)nc32)cc1. The molecule has 27 heavy (non-hydrogen) atoms. The highest BCUT2D eigenvalue weighted by Crippen LogP contribution is 2.31. The molecule has 0 atom stereocenters. The molecule has 0 bridgehead atoms. The van der Waals surface area contributed by atoms with E-state index in [-0.39, 0.29) is 0 Å². The number of fused-ring (bicyclic) bond motifs is 1. The fourth-order valence-corrected chi connectivity index (χ4v) is 3.72. The van der Waals surface area contributed by atoms with Crippen LogP contribution in [0, 0.1) is 10.1 Å². The molecule has 4 rings (SSSR count). The zero-order valence-corrected chi connectivity index (χ0v) is 16.8. The number of aromatic nitrogens is 4. The largest absolute Gasteiger partial charge is 0.497 e. The molecule has 2 aromatic heterocycles. The van der Waals surface area contributed by atoms with E-state index in [4.69, 9.17) is 21.9 Å². The molecule has 0 unspecified atom stereocenters. The number of anilines is 1. The summed E-state index contributed by atoms with van der Waals surface area (Å²) in [5.74, 6) is 1.77. The molecule has 1 fully saturated rings. The molecule has 1 aliphatic rings.